The monoisotopic (exact) mass is 267 g/mol. The van der Waals surface area contributed by atoms with Crippen molar-refractivity contribution in [1.82, 2.24) is 10.2 Å². The average Bonchev–Trinajstić information content (AvgIpc) is 2.41. The molecule has 0 aromatic carbocycles. The molecule has 110 valence electrons. The van der Waals surface area contributed by atoms with Crippen molar-refractivity contribution in [2.45, 2.75) is 64.0 Å². The summed E-state index contributed by atoms with van der Waals surface area (Å²) in [6.45, 7) is 4.75. The Kier molecular flexibility index (Phi) is 5.64. The van der Waals surface area contributed by atoms with Crippen molar-refractivity contribution >= 4 is 5.91 Å². The predicted octanol–water partition coefficient (Wildman–Crippen LogP) is 1.49. The van der Waals surface area contributed by atoms with Crippen LogP contribution in [0.5, 0.6) is 0 Å². The van der Waals surface area contributed by atoms with Crippen LogP contribution in [0.1, 0.15) is 51.9 Å². The van der Waals surface area contributed by atoms with E-state index in [-0.39, 0.29) is 5.91 Å². The smallest absolute Gasteiger partial charge is 0.234 e. The summed E-state index contributed by atoms with van der Waals surface area (Å²) >= 11 is 0. The number of hydrogen-bond donors (Lipinski definition) is 2. The number of amides is 1. The van der Waals surface area contributed by atoms with E-state index in [0.29, 0.717) is 18.6 Å². The first-order valence-corrected chi connectivity index (χ1v) is 7.94. The maximum atomic E-state index is 12.1. The van der Waals surface area contributed by atoms with E-state index in [4.69, 9.17) is 5.73 Å². The van der Waals surface area contributed by atoms with Gasteiger partial charge in [-0.1, -0.05) is 26.2 Å². The maximum Gasteiger partial charge on any atom is 0.234 e. The first kappa shape index (κ1) is 14.8. The van der Waals surface area contributed by atoms with Gasteiger partial charge in [-0.05, 0) is 31.6 Å². The van der Waals surface area contributed by atoms with Gasteiger partial charge in [-0.25, -0.2) is 0 Å². The van der Waals surface area contributed by atoms with Gasteiger partial charge in [0.2, 0.25) is 5.91 Å². The standard InChI is InChI=1S/C15H29N3O/c1-2-12-4-3-5-14(10-12)17-15(19)11-18-8-6-13(16)7-9-18/h12-14H,2-11,16H2,1H3,(H,17,19). The van der Waals surface area contributed by atoms with Crippen LogP contribution in [-0.2, 0) is 4.79 Å². The van der Waals surface area contributed by atoms with E-state index in [9.17, 15) is 4.79 Å². The van der Waals surface area contributed by atoms with Crippen LogP contribution in [0.2, 0.25) is 0 Å². The van der Waals surface area contributed by atoms with E-state index in [2.05, 4.69) is 17.1 Å². The number of nitrogens with one attached hydrogen (secondary N) is 1. The zero-order valence-electron chi connectivity index (χ0n) is 12.2. The van der Waals surface area contributed by atoms with Crippen molar-refractivity contribution in [3.8, 4) is 0 Å². The Labute approximate surface area is 117 Å². The number of hydrogen-bond acceptors (Lipinski definition) is 3. The lowest BCUT2D eigenvalue weighted by Crippen LogP contribution is -2.47. The first-order chi connectivity index (χ1) is 9.17. The number of piperidine rings is 1. The van der Waals surface area contributed by atoms with Crippen LogP contribution in [0.3, 0.4) is 0 Å². The molecule has 1 saturated carbocycles. The zero-order chi connectivity index (χ0) is 13.7. The molecule has 4 nitrogen and oxygen atoms in total. The number of carbonyl (C=O) groups is 1. The van der Waals surface area contributed by atoms with Gasteiger partial charge < -0.3 is 11.1 Å². The minimum Gasteiger partial charge on any atom is -0.352 e. The second-order valence-corrected chi connectivity index (χ2v) is 6.32. The number of rotatable bonds is 4. The molecule has 1 saturated heterocycles. The summed E-state index contributed by atoms with van der Waals surface area (Å²) in [5, 5.41) is 3.23. The lowest BCUT2D eigenvalue weighted by Gasteiger charge is -2.32. The average molecular weight is 267 g/mol. The molecule has 1 aliphatic heterocycles. The Bertz CT molecular complexity index is 287. The predicted molar refractivity (Wildman–Crippen MR) is 77.8 cm³/mol. The highest BCUT2D eigenvalue weighted by Gasteiger charge is 2.23. The molecule has 2 unspecified atom stereocenters. The molecule has 0 aromatic rings. The summed E-state index contributed by atoms with van der Waals surface area (Å²) in [6, 6.07) is 0.751. The minimum absolute atomic E-state index is 0.206. The molecule has 2 aliphatic rings. The van der Waals surface area contributed by atoms with E-state index in [1.807, 2.05) is 0 Å². The molecule has 2 fully saturated rings. The van der Waals surface area contributed by atoms with Gasteiger partial charge >= 0.3 is 0 Å². The number of likely N-dealkylation sites (tertiary alicyclic amines) is 1. The first-order valence-electron chi connectivity index (χ1n) is 7.94. The van der Waals surface area contributed by atoms with Gasteiger partial charge in [0.15, 0.2) is 0 Å². The minimum atomic E-state index is 0.206. The molecule has 19 heavy (non-hydrogen) atoms. The lowest BCUT2D eigenvalue weighted by atomic mass is 9.84. The summed E-state index contributed by atoms with van der Waals surface area (Å²) in [5.74, 6) is 1.02. The van der Waals surface area contributed by atoms with Gasteiger partial charge in [0.1, 0.15) is 0 Å². The van der Waals surface area contributed by atoms with E-state index >= 15 is 0 Å². The Balaban J connectivity index is 1.69. The van der Waals surface area contributed by atoms with Gasteiger partial charge in [0.05, 0.1) is 6.54 Å². The van der Waals surface area contributed by atoms with Crippen LogP contribution in [0.15, 0.2) is 0 Å². The fourth-order valence-corrected chi connectivity index (χ4v) is 3.38. The highest BCUT2D eigenvalue weighted by atomic mass is 16.2. The Morgan fingerprint density at radius 1 is 1.26 bits per heavy atom. The number of nitrogens with two attached hydrogens (primary N) is 1. The second kappa shape index (κ2) is 7.25. The summed E-state index contributed by atoms with van der Waals surface area (Å²) in [6.07, 6.45) is 8.23. The summed E-state index contributed by atoms with van der Waals surface area (Å²) in [5.41, 5.74) is 5.88. The fraction of sp³-hybridized carbons (Fsp3) is 0.933. The molecule has 0 aromatic heterocycles. The molecule has 3 N–H and O–H groups in total. The Morgan fingerprint density at radius 2 is 2.00 bits per heavy atom. The third kappa shape index (κ3) is 4.77. The van der Waals surface area contributed by atoms with Crippen molar-refractivity contribution in [2.24, 2.45) is 11.7 Å². The van der Waals surface area contributed by atoms with Crippen LogP contribution in [0.4, 0.5) is 0 Å². The molecular formula is C15H29N3O. The third-order valence-corrected chi connectivity index (χ3v) is 4.72. The second-order valence-electron chi connectivity index (χ2n) is 6.32. The van der Waals surface area contributed by atoms with Crippen LogP contribution in [0.25, 0.3) is 0 Å². The van der Waals surface area contributed by atoms with E-state index in [0.717, 1.165) is 38.3 Å². The Morgan fingerprint density at radius 3 is 2.68 bits per heavy atom. The lowest BCUT2D eigenvalue weighted by molar-refractivity contribution is -0.123. The normalized spacial score (nSPS) is 30.2. The van der Waals surface area contributed by atoms with Gasteiger partial charge in [0, 0.05) is 25.2 Å². The molecule has 0 bridgehead atoms. The summed E-state index contributed by atoms with van der Waals surface area (Å²) < 4.78 is 0. The molecular weight excluding hydrogens is 238 g/mol. The quantitative estimate of drug-likeness (QED) is 0.811. The van der Waals surface area contributed by atoms with E-state index in [1.54, 1.807) is 0 Å². The molecule has 1 heterocycles. The summed E-state index contributed by atoms with van der Waals surface area (Å²) in [7, 11) is 0. The molecule has 1 amide bonds. The fourth-order valence-electron chi connectivity index (χ4n) is 3.38. The molecule has 2 atom stereocenters. The topological polar surface area (TPSA) is 58.4 Å². The van der Waals surface area contributed by atoms with Crippen molar-refractivity contribution in [2.75, 3.05) is 19.6 Å². The number of nitrogens with zero attached hydrogens (tertiary/aromatic N) is 1. The third-order valence-electron chi connectivity index (χ3n) is 4.72. The highest BCUT2D eigenvalue weighted by molar-refractivity contribution is 5.78. The van der Waals surface area contributed by atoms with Gasteiger partial charge in [-0.3, -0.25) is 9.69 Å². The maximum absolute atomic E-state index is 12.1. The largest absolute Gasteiger partial charge is 0.352 e. The van der Waals surface area contributed by atoms with E-state index < -0.39 is 0 Å². The van der Waals surface area contributed by atoms with Crippen molar-refractivity contribution in [3.63, 3.8) is 0 Å². The number of carbonyl (C=O) groups excluding carboxylic acids is 1. The van der Waals surface area contributed by atoms with Crippen molar-refractivity contribution in [1.29, 1.82) is 0 Å². The molecule has 0 radical (unpaired) electrons. The van der Waals surface area contributed by atoms with Gasteiger partial charge in [-0.15, -0.1) is 0 Å². The van der Waals surface area contributed by atoms with Gasteiger partial charge in [-0.2, -0.15) is 0 Å². The van der Waals surface area contributed by atoms with Crippen molar-refractivity contribution in [3.05, 3.63) is 0 Å². The molecule has 2 rings (SSSR count). The van der Waals surface area contributed by atoms with Crippen LogP contribution < -0.4 is 11.1 Å². The molecule has 4 heteroatoms. The van der Waals surface area contributed by atoms with Crippen LogP contribution in [0, 0.1) is 5.92 Å². The SMILES string of the molecule is CCC1CCCC(NC(=O)CN2CCC(N)CC2)C1. The van der Waals surface area contributed by atoms with E-state index in [1.165, 1.54) is 25.7 Å². The highest BCUT2D eigenvalue weighted by Crippen LogP contribution is 2.26. The summed E-state index contributed by atoms with van der Waals surface area (Å²) in [4.78, 5) is 14.3. The Hall–Kier alpha value is -0.610. The molecule has 0 spiro atoms. The van der Waals surface area contributed by atoms with Crippen LogP contribution in [-0.4, -0.2) is 42.5 Å². The van der Waals surface area contributed by atoms with Crippen molar-refractivity contribution < 1.29 is 4.79 Å². The van der Waals surface area contributed by atoms with Crippen LogP contribution >= 0.6 is 0 Å². The molecule has 1 aliphatic carbocycles. The zero-order valence-corrected chi connectivity index (χ0v) is 12.2. The van der Waals surface area contributed by atoms with Gasteiger partial charge in [0.25, 0.3) is 0 Å².